The molecule has 1 aliphatic rings. The third kappa shape index (κ3) is 1.21. The highest BCUT2D eigenvalue weighted by Gasteiger charge is 2.76. The molecule has 1 aliphatic heterocycles. The zero-order valence-corrected chi connectivity index (χ0v) is 8.01. The second kappa shape index (κ2) is 2.03. The lowest BCUT2D eigenvalue weighted by Gasteiger charge is -2.23. The van der Waals surface area contributed by atoms with Crippen LogP contribution in [-0.2, 0) is 0 Å². The standard InChI is InChI=1S/C3H4F6Si2/c4-1(5,2(6,7)8)3(9)10-11-3/h10-11H2. The molecule has 1 saturated heterocycles. The first-order valence-corrected chi connectivity index (χ1v) is 8.26. The Morgan fingerprint density at radius 1 is 0.909 bits per heavy atom. The molecule has 0 aliphatic carbocycles. The van der Waals surface area contributed by atoms with Gasteiger partial charge in [0, 0.05) is 0 Å². The number of hydrogen-bond acceptors (Lipinski definition) is 0. The molecule has 0 amide bonds. The van der Waals surface area contributed by atoms with Crippen LogP contribution >= 0.6 is 0 Å². The highest BCUT2D eigenvalue weighted by atomic mass is 29.2. The van der Waals surface area contributed by atoms with Crippen molar-refractivity contribution in [1.29, 1.82) is 0 Å². The number of halogens is 6. The third-order valence-corrected chi connectivity index (χ3v) is 8.01. The Hall–Kier alpha value is 0.0138. The molecular weight excluding hydrogens is 206 g/mol. The fourth-order valence-corrected chi connectivity index (χ4v) is 4.47. The largest absolute Gasteiger partial charge is 0.455 e. The maximum absolute atomic E-state index is 12.4. The number of rotatable bonds is 1. The van der Waals surface area contributed by atoms with Crippen molar-refractivity contribution in [3.63, 3.8) is 0 Å². The number of alkyl halides is 6. The predicted molar refractivity (Wildman–Crippen MR) is 31.9 cm³/mol. The van der Waals surface area contributed by atoms with Crippen molar-refractivity contribution >= 4 is 18.1 Å². The molecule has 0 aromatic rings. The predicted octanol–water partition coefficient (Wildman–Crippen LogP) is 0.0735. The van der Waals surface area contributed by atoms with Crippen molar-refractivity contribution in [3.8, 4) is 0 Å². The van der Waals surface area contributed by atoms with Crippen LogP contribution < -0.4 is 0 Å². The molecule has 11 heavy (non-hydrogen) atoms. The van der Waals surface area contributed by atoms with Crippen LogP contribution in [0.5, 0.6) is 0 Å². The molecule has 1 fully saturated rings. The van der Waals surface area contributed by atoms with Crippen LogP contribution in [0.2, 0.25) is 0 Å². The molecule has 0 unspecified atom stereocenters. The molecule has 0 bridgehead atoms. The van der Waals surface area contributed by atoms with Crippen LogP contribution in [0.15, 0.2) is 0 Å². The van der Waals surface area contributed by atoms with Gasteiger partial charge < -0.3 is 0 Å². The quantitative estimate of drug-likeness (QED) is 0.424. The smallest absolute Gasteiger partial charge is 0.247 e. The van der Waals surface area contributed by atoms with Crippen LogP contribution in [0.4, 0.5) is 26.3 Å². The zero-order chi connectivity index (χ0) is 8.91. The summed E-state index contributed by atoms with van der Waals surface area (Å²) in [4.78, 5) is -3.05. The van der Waals surface area contributed by atoms with E-state index in [1.165, 1.54) is 0 Å². The van der Waals surface area contributed by atoms with Crippen LogP contribution in [0.3, 0.4) is 0 Å². The van der Waals surface area contributed by atoms with Gasteiger partial charge in [-0.3, -0.25) is 0 Å². The summed E-state index contributed by atoms with van der Waals surface area (Å²) in [6, 6.07) is 0. The highest BCUT2D eigenvalue weighted by molar-refractivity contribution is 7.24. The molecule has 0 N–H and O–H groups in total. The van der Waals surface area contributed by atoms with Crippen molar-refractivity contribution in [2.75, 3.05) is 0 Å². The van der Waals surface area contributed by atoms with Gasteiger partial charge in [-0.1, -0.05) is 0 Å². The molecule has 0 spiro atoms. The Labute approximate surface area is 62.4 Å². The molecular formula is C3H4F6Si2. The molecule has 0 aromatic carbocycles. The Morgan fingerprint density at radius 3 is 1.36 bits per heavy atom. The molecule has 0 nitrogen and oxygen atoms in total. The van der Waals surface area contributed by atoms with Gasteiger partial charge >= 0.3 is 12.1 Å². The fourth-order valence-electron chi connectivity index (χ4n) is 0.678. The molecule has 66 valence electrons. The fraction of sp³-hybridized carbons (Fsp3) is 1.00. The van der Waals surface area contributed by atoms with Gasteiger partial charge in [-0.25, -0.2) is 4.39 Å². The average Bonchev–Trinajstić information content (AvgIpc) is 2.45. The molecule has 0 aromatic heterocycles. The van der Waals surface area contributed by atoms with E-state index in [1.54, 1.807) is 0 Å². The van der Waals surface area contributed by atoms with Crippen LogP contribution in [0.25, 0.3) is 0 Å². The van der Waals surface area contributed by atoms with E-state index in [9.17, 15) is 26.3 Å². The van der Waals surface area contributed by atoms with Crippen molar-refractivity contribution < 1.29 is 26.3 Å². The third-order valence-electron chi connectivity index (χ3n) is 1.61. The Morgan fingerprint density at radius 2 is 1.27 bits per heavy atom. The van der Waals surface area contributed by atoms with E-state index in [2.05, 4.69) is 0 Å². The van der Waals surface area contributed by atoms with Crippen LogP contribution in [0, 0.1) is 0 Å². The van der Waals surface area contributed by atoms with E-state index in [0.717, 1.165) is 0 Å². The average molecular weight is 210 g/mol. The Kier molecular flexibility index (Phi) is 1.68. The van der Waals surface area contributed by atoms with Crippen molar-refractivity contribution in [3.05, 3.63) is 0 Å². The monoisotopic (exact) mass is 210 g/mol. The first-order chi connectivity index (χ1) is 4.71. The van der Waals surface area contributed by atoms with Gasteiger partial charge in [0.15, 0.2) is 0 Å². The van der Waals surface area contributed by atoms with Crippen molar-refractivity contribution in [2.24, 2.45) is 0 Å². The lowest BCUT2D eigenvalue weighted by Crippen LogP contribution is -2.48. The summed E-state index contributed by atoms with van der Waals surface area (Å²) in [6.45, 7) is 0. The summed E-state index contributed by atoms with van der Waals surface area (Å²) in [6.07, 6.45) is -5.70. The lowest BCUT2D eigenvalue weighted by molar-refractivity contribution is -0.297. The summed E-state index contributed by atoms with van der Waals surface area (Å²) in [5, 5.41) is 0. The van der Waals surface area contributed by atoms with Gasteiger partial charge in [0.1, 0.15) is 4.92 Å². The Balaban J connectivity index is 2.82. The minimum atomic E-state index is -5.70. The van der Waals surface area contributed by atoms with E-state index in [1.807, 2.05) is 0 Å². The molecule has 1 heterocycles. The first-order valence-electron chi connectivity index (χ1n) is 2.84. The minimum Gasteiger partial charge on any atom is -0.247 e. The summed E-state index contributed by atoms with van der Waals surface area (Å²) in [5.41, 5.74) is 0. The van der Waals surface area contributed by atoms with Crippen molar-refractivity contribution in [1.82, 2.24) is 0 Å². The molecule has 1 rings (SSSR count). The van der Waals surface area contributed by atoms with Crippen molar-refractivity contribution in [2.45, 2.75) is 17.0 Å². The second-order valence-electron chi connectivity index (χ2n) is 2.54. The van der Waals surface area contributed by atoms with E-state index < -0.39 is 35.1 Å². The number of hydrogen-bond donors (Lipinski definition) is 0. The molecule has 0 saturated carbocycles. The summed E-state index contributed by atoms with van der Waals surface area (Å²) in [5.74, 6) is -5.06. The first kappa shape index (κ1) is 9.10. The summed E-state index contributed by atoms with van der Waals surface area (Å²) >= 11 is 0. The van der Waals surface area contributed by atoms with Gasteiger partial charge in [-0.2, -0.15) is 22.0 Å². The lowest BCUT2D eigenvalue weighted by atomic mass is 10.3. The topological polar surface area (TPSA) is 0 Å². The van der Waals surface area contributed by atoms with Gasteiger partial charge in [0.05, 0.1) is 18.1 Å². The molecule has 8 heteroatoms. The minimum absolute atomic E-state index is 1.70. The van der Waals surface area contributed by atoms with Gasteiger partial charge in [0.25, 0.3) is 0 Å². The van der Waals surface area contributed by atoms with Gasteiger partial charge in [-0.15, -0.1) is 0 Å². The normalized spacial score (nSPS) is 36.5. The van der Waals surface area contributed by atoms with Gasteiger partial charge in [0.2, 0.25) is 0 Å². The zero-order valence-electron chi connectivity index (χ0n) is 5.18. The highest BCUT2D eigenvalue weighted by Crippen LogP contribution is 2.48. The van der Waals surface area contributed by atoms with E-state index in [0.29, 0.717) is 0 Å². The Bertz CT molecular complexity index is 162. The van der Waals surface area contributed by atoms with Crippen LogP contribution in [-0.4, -0.2) is 35.1 Å². The molecule has 0 atom stereocenters. The maximum Gasteiger partial charge on any atom is 0.455 e. The maximum atomic E-state index is 12.4. The van der Waals surface area contributed by atoms with Gasteiger partial charge in [-0.05, 0) is 0 Å². The summed E-state index contributed by atoms with van der Waals surface area (Å²) < 4.78 is 70.8. The van der Waals surface area contributed by atoms with E-state index in [-0.39, 0.29) is 0 Å². The van der Waals surface area contributed by atoms with E-state index >= 15 is 0 Å². The SMILES string of the molecule is FC(F)(F)C(F)(F)C1(F)[SiH2][SiH2]1. The second-order valence-corrected chi connectivity index (χ2v) is 9.78. The van der Waals surface area contributed by atoms with Crippen LogP contribution in [0.1, 0.15) is 0 Å². The van der Waals surface area contributed by atoms with E-state index in [4.69, 9.17) is 0 Å². The summed E-state index contributed by atoms with van der Waals surface area (Å²) in [7, 11) is -3.40. The molecule has 0 radical (unpaired) electrons.